The van der Waals surface area contributed by atoms with Gasteiger partial charge in [0.2, 0.25) is 15.7 Å². The third kappa shape index (κ3) is 4.04. The number of fused-ring (bicyclic) bond motifs is 1. The van der Waals surface area contributed by atoms with Crippen molar-refractivity contribution in [2.75, 3.05) is 10.5 Å². The molecular formula is C20H17F2N5O4S. The van der Waals surface area contributed by atoms with Gasteiger partial charge in [-0.1, -0.05) is 0 Å². The number of ether oxygens (including phenoxy) is 1. The summed E-state index contributed by atoms with van der Waals surface area (Å²) in [7, 11) is -2.06. The molecule has 2 aromatic heterocycles. The van der Waals surface area contributed by atoms with Crippen LogP contribution >= 0.6 is 0 Å². The Balaban J connectivity index is 1.93. The molecule has 0 fully saturated rings. The largest absolute Gasteiger partial charge is 0.454 e. The molecule has 166 valence electrons. The molecule has 0 saturated carbocycles. The van der Waals surface area contributed by atoms with E-state index in [2.05, 4.69) is 14.9 Å². The lowest BCUT2D eigenvalue weighted by Crippen LogP contribution is -2.20. The van der Waals surface area contributed by atoms with Crippen LogP contribution in [0.3, 0.4) is 0 Å². The number of hydrogen-bond acceptors (Lipinski definition) is 6. The van der Waals surface area contributed by atoms with Gasteiger partial charge in [0.15, 0.2) is 11.6 Å². The number of anilines is 1. The van der Waals surface area contributed by atoms with Gasteiger partial charge < -0.3 is 9.30 Å². The van der Waals surface area contributed by atoms with Crippen LogP contribution in [0.15, 0.2) is 53.7 Å². The second kappa shape index (κ2) is 8.04. The summed E-state index contributed by atoms with van der Waals surface area (Å²) >= 11 is 0. The molecule has 0 amide bonds. The van der Waals surface area contributed by atoms with Crippen molar-refractivity contribution in [2.24, 2.45) is 7.05 Å². The highest BCUT2D eigenvalue weighted by atomic mass is 32.2. The van der Waals surface area contributed by atoms with Crippen LogP contribution in [0.25, 0.3) is 16.9 Å². The fourth-order valence-electron chi connectivity index (χ4n) is 3.03. The molecule has 4 rings (SSSR count). The summed E-state index contributed by atoms with van der Waals surface area (Å²) in [6, 6.07) is 7.22. The minimum Gasteiger partial charge on any atom is -0.454 e. The van der Waals surface area contributed by atoms with E-state index in [1.807, 2.05) is 0 Å². The molecule has 2 aromatic carbocycles. The average Bonchev–Trinajstić information content (AvgIpc) is 3.24. The van der Waals surface area contributed by atoms with E-state index in [0.29, 0.717) is 17.3 Å². The molecule has 0 spiro atoms. The molecule has 0 aliphatic carbocycles. The Kier molecular flexibility index (Phi) is 5.38. The minimum absolute atomic E-state index is 0.0310. The molecule has 32 heavy (non-hydrogen) atoms. The van der Waals surface area contributed by atoms with E-state index in [9.17, 15) is 22.0 Å². The highest BCUT2D eigenvalue weighted by molar-refractivity contribution is 7.92. The molecule has 4 aromatic rings. The van der Waals surface area contributed by atoms with Crippen molar-refractivity contribution in [3.63, 3.8) is 0 Å². The Morgan fingerprint density at radius 2 is 1.88 bits per heavy atom. The monoisotopic (exact) mass is 461 g/mol. The van der Waals surface area contributed by atoms with Crippen LogP contribution in [0.5, 0.6) is 11.5 Å². The summed E-state index contributed by atoms with van der Waals surface area (Å²) in [4.78, 5) is 12.4. The summed E-state index contributed by atoms with van der Waals surface area (Å²) in [5.74, 6) is -1.93. The van der Waals surface area contributed by atoms with Crippen LogP contribution in [0.1, 0.15) is 6.92 Å². The summed E-state index contributed by atoms with van der Waals surface area (Å²) < 4.78 is 62.4. The van der Waals surface area contributed by atoms with Crippen molar-refractivity contribution in [1.29, 1.82) is 0 Å². The average molecular weight is 461 g/mol. The summed E-state index contributed by atoms with van der Waals surface area (Å²) in [6.07, 6.45) is 2.80. The number of halogens is 2. The molecule has 0 atom stereocenters. The highest BCUT2D eigenvalue weighted by Gasteiger charge is 2.18. The second-order valence-corrected chi connectivity index (χ2v) is 8.86. The van der Waals surface area contributed by atoms with E-state index in [0.717, 1.165) is 12.1 Å². The molecule has 9 nitrogen and oxygen atoms in total. The lowest BCUT2D eigenvalue weighted by Gasteiger charge is -2.16. The number of aromatic nitrogens is 4. The zero-order valence-electron chi connectivity index (χ0n) is 16.9. The van der Waals surface area contributed by atoms with Gasteiger partial charge in [0.05, 0.1) is 11.4 Å². The fraction of sp³-hybridized carbons (Fsp3) is 0.150. The number of benzene rings is 2. The zero-order valence-corrected chi connectivity index (χ0v) is 17.7. The van der Waals surface area contributed by atoms with Crippen molar-refractivity contribution in [2.45, 2.75) is 6.92 Å². The van der Waals surface area contributed by atoms with Crippen LogP contribution in [-0.4, -0.2) is 33.3 Å². The van der Waals surface area contributed by atoms with Crippen LogP contribution in [-0.2, 0) is 17.1 Å². The lowest BCUT2D eigenvalue weighted by atomic mass is 10.1. The standard InChI is InChI=1S/C20H17F2N5O4S/c1-3-32(29,30)25-13-5-7-17(31-18-6-4-12(21)8-15(18)22)14(9-13)16-10-26(2)20(28)19-24-23-11-27(16)19/h4-11,25H,3H2,1-2H3. The molecule has 0 radical (unpaired) electrons. The Hall–Kier alpha value is -3.80. The Bertz CT molecular complexity index is 1500. The lowest BCUT2D eigenvalue weighted by molar-refractivity contribution is 0.439. The van der Waals surface area contributed by atoms with Crippen molar-refractivity contribution < 1.29 is 21.9 Å². The molecule has 0 unspecified atom stereocenters. The third-order valence-corrected chi connectivity index (χ3v) is 5.96. The van der Waals surface area contributed by atoms with E-state index in [4.69, 9.17) is 4.74 Å². The van der Waals surface area contributed by atoms with Gasteiger partial charge in [-0.15, -0.1) is 10.2 Å². The maximum Gasteiger partial charge on any atom is 0.295 e. The molecular weight excluding hydrogens is 444 g/mol. The van der Waals surface area contributed by atoms with E-state index in [1.165, 1.54) is 53.7 Å². The number of aryl methyl sites for hydroxylation is 1. The van der Waals surface area contributed by atoms with Gasteiger partial charge >= 0.3 is 0 Å². The van der Waals surface area contributed by atoms with Gasteiger partial charge in [-0.05, 0) is 37.3 Å². The number of rotatable bonds is 6. The molecule has 12 heteroatoms. The zero-order chi connectivity index (χ0) is 23.0. The normalized spacial score (nSPS) is 11.6. The Morgan fingerprint density at radius 3 is 2.59 bits per heavy atom. The Labute approximate surface area is 181 Å². The first-order chi connectivity index (χ1) is 15.2. The van der Waals surface area contributed by atoms with Crippen molar-refractivity contribution in [1.82, 2.24) is 19.2 Å². The SMILES string of the molecule is CCS(=O)(=O)Nc1ccc(Oc2ccc(F)cc2F)c(-c2cn(C)c(=O)c3nncn23)c1. The van der Waals surface area contributed by atoms with Crippen molar-refractivity contribution >= 4 is 21.4 Å². The molecule has 0 aliphatic rings. The van der Waals surface area contributed by atoms with Gasteiger partial charge in [-0.3, -0.25) is 13.9 Å². The fourth-order valence-corrected chi connectivity index (χ4v) is 3.66. The van der Waals surface area contributed by atoms with Gasteiger partial charge in [0.25, 0.3) is 5.56 Å². The first-order valence-corrected chi connectivity index (χ1v) is 11.0. The van der Waals surface area contributed by atoms with Gasteiger partial charge in [0.1, 0.15) is 17.9 Å². The van der Waals surface area contributed by atoms with Gasteiger partial charge in [0, 0.05) is 30.6 Å². The molecule has 0 aliphatic heterocycles. The number of sulfonamides is 1. The summed E-state index contributed by atoms with van der Waals surface area (Å²) in [5.41, 5.74) is 0.543. The predicted octanol–water partition coefficient (Wildman–Crippen LogP) is 2.93. The van der Waals surface area contributed by atoms with Crippen LogP contribution in [0.2, 0.25) is 0 Å². The minimum atomic E-state index is -3.58. The first-order valence-electron chi connectivity index (χ1n) is 9.35. The smallest absolute Gasteiger partial charge is 0.295 e. The first kappa shape index (κ1) is 21.4. The quantitative estimate of drug-likeness (QED) is 0.473. The third-order valence-electron chi connectivity index (χ3n) is 4.66. The Morgan fingerprint density at radius 1 is 1.12 bits per heavy atom. The van der Waals surface area contributed by atoms with Crippen LogP contribution < -0.4 is 15.0 Å². The highest BCUT2D eigenvalue weighted by Crippen LogP contribution is 2.36. The molecule has 0 saturated heterocycles. The van der Waals surface area contributed by atoms with E-state index >= 15 is 0 Å². The maximum atomic E-state index is 14.2. The number of nitrogens with one attached hydrogen (secondary N) is 1. The van der Waals surface area contributed by atoms with E-state index in [1.54, 1.807) is 0 Å². The van der Waals surface area contributed by atoms with E-state index in [-0.39, 0.29) is 28.6 Å². The molecule has 1 N–H and O–H groups in total. The van der Waals surface area contributed by atoms with Crippen LogP contribution in [0.4, 0.5) is 14.5 Å². The van der Waals surface area contributed by atoms with Crippen LogP contribution in [0, 0.1) is 11.6 Å². The topological polar surface area (TPSA) is 108 Å². The predicted molar refractivity (Wildman–Crippen MR) is 113 cm³/mol. The van der Waals surface area contributed by atoms with Gasteiger partial charge in [-0.2, -0.15) is 0 Å². The maximum absolute atomic E-state index is 14.2. The van der Waals surface area contributed by atoms with Gasteiger partial charge in [-0.25, -0.2) is 17.2 Å². The van der Waals surface area contributed by atoms with E-state index < -0.39 is 27.2 Å². The summed E-state index contributed by atoms with van der Waals surface area (Å²) in [6.45, 7) is 1.49. The van der Waals surface area contributed by atoms with Crippen molar-refractivity contribution in [3.05, 3.63) is 70.9 Å². The second-order valence-electron chi connectivity index (χ2n) is 6.85. The van der Waals surface area contributed by atoms with Crippen molar-refractivity contribution in [3.8, 4) is 22.8 Å². The molecule has 2 heterocycles. The number of nitrogens with zero attached hydrogens (tertiary/aromatic N) is 4. The number of hydrogen-bond donors (Lipinski definition) is 1. The summed E-state index contributed by atoms with van der Waals surface area (Å²) in [5, 5.41) is 7.59. The molecule has 0 bridgehead atoms.